The lowest BCUT2D eigenvalue weighted by Gasteiger charge is -2.29. The van der Waals surface area contributed by atoms with Crippen LogP contribution in [0.4, 0.5) is 17.1 Å². The Kier molecular flexibility index (Phi) is 6.31. The summed E-state index contributed by atoms with van der Waals surface area (Å²) in [4.78, 5) is 17.5. The van der Waals surface area contributed by atoms with Gasteiger partial charge >= 0.3 is 5.69 Å². The number of para-hydroxylation sites is 1. The maximum Gasteiger partial charge on any atom is 0.315 e. The molecule has 160 valence electrons. The van der Waals surface area contributed by atoms with Crippen LogP contribution >= 0.6 is 0 Å². The number of methoxy groups -OCH3 is 1. The molecule has 7 nitrogen and oxygen atoms in total. The van der Waals surface area contributed by atoms with Crippen molar-refractivity contribution in [2.75, 3.05) is 12.0 Å². The van der Waals surface area contributed by atoms with Gasteiger partial charge in [0.15, 0.2) is 5.75 Å². The van der Waals surface area contributed by atoms with Gasteiger partial charge in [-0.2, -0.15) is 0 Å². The number of nitro benzene ring substituents is 1. The number of nitro groups is 1. The lowest BCUT2D eigenvalue weighted by Crippen LogP contribution is -2.20. The fourth-order valence-electron chi connectivity index (χ4n) is 3.98. The Morgan fingerprint density at radius 3 is 2.48 bits per heavy atom. The fraction of sp³-hybridized carbons (Fsp3) is 0.292. The summed E-state index contributed by atoms with van der Waals surface area (Å²) in [5.74, 6) is 0.567. The van der Waals surface area contributed by atoms with Gasteiger partial charge in [-0.1, -0.05) is 24.3 Å². The maximum absolute atomic E-state index is 11.7. The van der Waals surface area contributed by atoms with Crippen molar-refractivity contribution in [3.8, 4) is 11.5 Å². The predicted octanol–water partition coefficient (Wildman–Crippen LogP) is 5.66. The molecule has 0 radical (unpaired) electrons. The van der Waals surface area contributed by atoms with Gasteiger partial charge in [0, 0.05) is 30.7 Å². The number of aromatic nitrogens is 1. The van der Waals surface area contributed by atoms with Gasteiger partial charge in [0.2, 0.25) is 5.75 Å². The van der Waals surface area contributed by atoms with E-state index < -0.39 is 4.92 Å². The van der Waals surface area contributed by atoms with E-state index in [9.17, 15) is 10.1 Å². The van der Waals surface area contributed by atoms with Crippen molar-refractivity contribution < 1.29 is 14.4 Å². The van der Waals surface area contributed by atoms with Crippen molar-refractivity contribution in [1.82, 2.24) is 4.98 Å². The van der Waals surface area contributed by atoms with Crippen molar-refractivity contribution in [3.63, 3.8) is 0 Å². The molecule has 0 saturated heterocycles. The highest BCUT2D eigenvalue weighted by atomic mass is 16.6. The van der Waals surface area contributed by atoms with E-state index in [1.165, 1.54) is 13.2 Å². The zero-order valence-electron chi connectivity index (χ0n) is 17.4. The molecule has 1 aromatic heterocycles. The minimum absolute atomic E-state index is 0.0191. The van der Waals surface area contributed by atoms with Crippen molar-refractivity contribution >= 4 is 17.1 Å². The summed E-state index contributed by atoms with van der Waals surface area (Å²) in [6.45, 7) is 0.528. The molecule has 1 saturated carbocycles. The molecule has 0 unspecified atom stereocenters. The van der Waals surface area contributed by atoms with Gasteiger partial charge in [-0.05, 0) is 55.5 Å². The molecule has 3 aromatic rings. The van der Waals surface area contributed by atoms with Gasteiger partial charge in [-0.25, -0.2) is 0 Å². The maximum atomic E-state index is 11.7. The molecule has 1 fully saturated rings. The normalized spacial score (nSPS) is 13.7. The van der Waals surface area contributed by atoms with Gasteiger partial charge in [-0.3, -0.25) is 15.1 Å². The average Bonchev–Trinajstić information content (AvgIpc) is 3.32. The number of nitrogens with zero attached hydrogens (tertiary/aromatic N) is 3. The smallest absolute Gasteiger partial charge is 0.315 e. The highest BCUT2D eigenvalue weighted by Gasteiger charge is 2.29. The fourth-order valence-corrected chi connectivity index (χ4v) is 3.98. The Hall–Kier alpha value is -3.61. The van der Waals surface area contributed by atoms with Crippen molar-refractivity contribution in [1.29, 1.82) is 0 Å². The summed E-state index contributed by atoms with van der Waals surface area (Å²) in [6, 6.07) is 17.0. The standard InChI is InChI=1S/C24H25N3O4/c1-30-23-22(27(28)29)14-13-21(24(23)31-20-11-5-6-12-20)26(19-9-3-2-4-10-19)17-18-8-7-15-25-16-18/h2-4,7-10,13-16,20H,5-6,11-12,17H2,1H3. The van der Waals surface area contributed by atoms with E-state index in [1.807, 2.05) is 48.7 Å². The van der Waals surface area contributed by atoms with E-state index in [-0.39, 0.29) is 17.5 Å². The van der Waals surface area contributed by atoms with E-state index in [0.717, 1.165) is 42.6 Å². The average molecular weight is 419 g/mol. The molecule has 0 spiro atoms. The van der Waals surface area contributed by atoms with Crippen molar-refractivity contribution in [2.45, 2.75) is 38.3 Å². The van der Waals surface area contributed by atoms with E-state index in [0.29, 0.717) is 12.3 Å². The zero-order chi connectivity index (χ0) is 21.6. The molecular formula is C24H25N3O4. The molecule has 4 rings (SSSR count). The quantitative estimate of drug-likeness (QED) is 0.346. The molecule has 1 aliphatic rings. The number of rotatable bonds is 8. The number of pyridine rings is 1. The SMILES string of the molecule is COc1c([N+](=O)[O-])ccc(N(Cc2cccnc2)c2ccccc2)c1OC1CCCC1. The number of anilines is 2. The number of ether oxygens (including phenoxy) is 2. The summed E-state index contributed by atoms with van der Waals surface area (Å²) in [5, 5.41) is 11.7. The number of hydrogen-bond acceptors (Lipinski definition) is 6. The molecule has 7 heteroatoms. The molecule has 0 aliphatic heterocycles. The lowest BCUT2D eigenvalue weighted by molar-refractivity contribution is -0.385. The largest absolute Gasteiger partial charge is 0.488 e. The van der Waals surface area contributed by atoms with Crippen LogP contribution in [0.1, 0.15) is 31.2 Å². The van der Waals surface area contributed by atoms with E-state index in [1.54, 1.807) is 12.3 Å². The molecule has 0 N–H and O–H groups in total. The van der Waals surface area contributed by atoms with Crippen LogP contribution in [0.15, 0.2) is 67.0 Å². The van der Waals surface area contributed by atoms with Crippen LogP contribution < -0.4 is 14.4 Å². The van der Waals surface area contributed by atoms with Gasteiger partial charge in [0.1, 0.15) is 0 Å². The van der Waals surface area contributed by atoms with Gasteiger partial charge in [0.05, 0.1) is 23.8 Å². The molecule has 0 amide bonds. The third-order valence-corrected chi connectivity index (χ3v) is 5.48. The molecule has 0 bridgehead atoms. The predicted molar refractivity (Wildman–Crippen MR) is 119 cm³/mol. The van der Waals surface area contributed by atoms with E-state index >= 15 is 0 Å². The Morgan fingerprint density at radius 2 is 1.84 bits per heavy atom. The molecule has 1 aliphatic carbocycles. The van der Waals surface area contributed by atoms with Crippen LogP contribution in [0.25, 0.3) is 0 Å². The van der Waals surface area contributed by atoms with Gasteiger partial charge in [0.25, 0.3) is 0 Å². The summed E-state index contributed by atoms with van der Waals surface area (Å²) in [6.07, 6.45) is 7.62. The summed E-state index contributed by atoms with van der Waals surface area (Å²) < 4.78 is 11.9. The highest BCUT2D eigenvalue weighted by molar-refractivity contribution is 5.76. The summed E-state index contributed by atoms with van der Waals surface area (Å²) >= 11 is 0. The monoisotopic (exact) mass is 419 g/mol. The second kappa shape index (κ2) is 9.47. The van der Waals surface area contributed by atoms with Crippen LogP contribution in [0.3, 0.4) is 0 Å². The molecule has 2 aromatic carbocycles. The molecular weight excluding hydrogens is 394 g/mol. The minimum Gasteiger partial charge on any atom is -0.488 e. The first-order valence-corrected chi connectivity index (χ1v) is 10.4. The van der Waals surface area contributed by atoms with E-state index in [2.05, 4.69) is 9.88 Å². The van der Waals surface area contributed by atoms with Crippen LogP contribution in [0.2, 0.25) is 0 Å². The minimum atomic E-state index is -0.432. The molecule has 0 atom stereocenters. The van der Waals surface area contributed by atoms with E-state index in [4.69, 9.17) is 9.47 Å². The Balaban J connectivity index is 1.85. The third kappa shape index (κ3) is 4.60. The first kappa shape index (κ1) is 20.7. The first-order valence-electron chi connectivity index (χ1n) is 10.4. The Labute approximate surface area is 181 Å². The van der Waals surface area contributed by atoms with Crippen LogP contribution in [0.5, 0.6) is 11.5 Å². The van der Waals surface area contributed by atoms with Gasteiger partial charge < -0.3 is 14.4 Å². The number of benzene rings is 2. The number of hydrogen-bond donors (Lipinski definition) is 0. The van der Waals surface area contributed by atoms with Gasteiger partial charge in [-0.15, -0.1) is 0 Å². The van der Waals surface area contributed by atoms with Crippen LogP contribution in [-0.2, 0) is 6.54 Å². The first-order chi connectivity index (χ1) is 15.2. The lowest BCUT2D eigenvalue weighted by atomic mass is 10.1. The second-order valence-electron chi connectivity index (χ2n) is 7.53. The Bertz CT molecular complexity index is 1020. The third-order valence-electron chi connectivity index (χ3n) is 5.48. The summed E-state index contributed by atoms with van der Waals surface area (Å²) in [5.41, 5.74) is 2.58. The highest BCUT2D eigenvalue weighted by Crippen LogP contribution is 2.47. The van der Waals surface area contributed by atoms with Crippen LogP contribution in [-0.4, -0.2) is 23.1 Å². The van der Waals surface area contributed by atoms with Crippen LogP contribution in [0, 0.1) is 10.1 Å². The molecule has 1 heterocycles. The summed E-state index contributed by atoms with van der Waals surface area (Å²) in [7, 11) is 1.45. The molecule has 31 heavy (non-hydrogen) atoms. The van der Waals surface area contributed by atoms with Crippen molar-refractivity contribution in [3.05, 3.63) is 82.7 Å². The Morgan fingerprint density at radius 1 is 1.06 bits per heavy atom. The van der Waals surface area contributed by atoms with Crippen molar-refractivity contribution in [2.24, 2.45) is 0 Å². The topological polar surface area (TPSA) is 77.7 Å². The second-order valence-corrected chi connectivity index (χ2v) is 7.53. The zero-order valence-corrected chi connectivity index (χ0v) is 17.4.